The number of aromatic nitrogens is 2. The lowest BCUT2D eigenvalue weighted by Crippen LogP contribution is -2.43. The lowest BCUT2D eigenvalue weighted by atomic mass is 9.97. The molecule has 0 atom stereocenters. The van der Waals surface area contributed by atoms with Gasteiger partial charge in [0.25, 0.3) is 10.0 Å². The lowest BCUT2D eigenvalue weighted by Gasteiger charge is -2.29. The van der Waals surface area contributed by atoms with E-state index < -0.39 is 21.7 Å². The molecule has 2 aromatic rings. The molecule has 10 heteroatoms. The summed E-state index contributed by atoms with van der Waals surface area (Å²) in [6.07, 6.45) is 2.61. The molecule has 2 heterocycles. The van der Waals surface area contributed by atoms with Crippen LogP contribution in [0.15, 0.2) is 29.4 Å². The highest BCUT2D eigenvalue weighted by molar-refractivity contribution is 7.89. The second-order valence-corrected chi connectivity index (χ2v) is 9.12. The molecule has 1 saturated heterocycles. The molecule has 1 aliphatic rings. The highest BCUT2D eigenvalue weighted by Crippen LogP contribution is 2.23. The second-order valence-electron chi connectivity index (χ2n) is 7.23. The normalized spacial score (nSPS) is 16.1. The number of nitrogens with zero attached hydrogens (tertiary/aromatic N) is 3. The van der Waals surface area contributed by atoms with Gasteiger partial charge in [-0.1, -0.05) is 0 Å². The van der Waals surface area contributed by atoms with E-state index in [1.54, 1.807) is 18.5 Å². The summed E-state index contributed by atoms with van der Waals surface area (Å²) < 4.78 is 54.8. The highest BCUT2D eigenvalue weighted by Gasteiger charge is 2.33. The van der Waals surface area contributed by atoms with Crippen molar-refractivity contribution in [3.63, 3.8) is 0 Å². The van der Waals surface area contributed by atoms with Crippen LogP contribution >= 0.6 is 0 Å². The largest absolute Gasteiger partial charge is 0.356 e. The van der Waals surface area contributed by atoms with E-state index in [1.165, 1.54) is 22.6 Å². The Morgan fingerprint density at radius 3 is 2.38 bits per heavy atom. The van der Waals surface area contributed by atoms with Crippen molar-refractivity contribution in [2.24, 2.45) is 13.0 Å². The highest BCUT2D eigenvalue weighted by atomic mass is 32.2. The maximum Gasteiger partial charge on any atom is 0.262 e. The number of halogens is 2. The zero-order valence-corrected chi connectivity index (χ0v) is 17.2. The van der Waals surface area contributed by atoms with Crippen molar-refractivity contribution in [1.82, 2.24) is 19.2 Å². The van der Waals surface area contributed by atoms with Crippen molar-refractivity contribution in [2.75, 3.05) is 19.6 Å². The van der Waals surface area contributed by atoms with Crippen LogP contribution in [0.5, 0.6) is 0 Å². The van der Waals surface area contributed by atoms with Gasteiger partial charge in [-0.2, -0.15) is 4.31 Å². The standard InChI is InChI=1S/C19H24F2N4O3S/c1-13-23-18(12-24(13)2)29(27,28)25-7-4-15(5-8-25)19(26)22-6-3-14-9-16(20)11-17(21)10-14/h9-12,15H,3-8H2,1-2H3,(H,22,26). The van der Waals surface area contributed by atoms with Crippen LogP contribution in [0.4, 0.5) is 8.78 Å². The van der Waals surface area contributed by atoms with Gasteiger partial charge in [-0.25, -0.2) is 22.2 Å². The van der Waals surface area contributed by atoms with Gasteiger partial charge in [-0.05, 0) is 43.9 Å². The molecule has 3 rings (SSSR count). The Balaban J connectivity index is 1.50. The number of sulfonamides is 1. The summed E-state index contributed by atoms with van der Waals surface area (Å²) in [5.74, 6) is -1.16. The number of hydrogen-bond donors (Lipinski definition) is 1. The van der Waals surface area contributed by atoms with Gasteiger partial charge in [-0.3, -0.25) is 4.79 Å². The quantitative estimate of drug-likeness (QED) is 0.763. The minimum absolute atomic E-state index is 0.0164. The third-order valence-corrected chi connectivity index (χ3v) is 6.92. The Hall–Kier alpha value is -2.33. The number of benzene rings is 1. The van der Waals surface area contributed by atoms with Gasteiger partial charge in [0.2, 0.25) is 5.91 Å². The molecule has 1 aromatic heterocycles. The molecular weight excluding hydrogens is 402 g/mol. The fraction of sp³-hybridized carbons (Fsp3) is 0.474. The van der Waals surface area contributed by atoms with Gasteiger partial charge in [0, 0.05) is 44.9 Å². The average molecular weight is 426 g/mol. The van der Waals surface area contributed by atoms with Crippen LogP contribution in [0.1, 0.15) is 24.2 Å². The fourth-order valence-corrected chi connectivity index (χ4v) is 4.87. The lowest BCUT2D eigenvalue weighted by molar-refractivity contribution is -0.126. The molecule has 1 N–H and O–H groups in total. The van der Waals surface area contributed by atoms with Gasteiger partial charge in [0.05, 0.1) is 0 Å². The van der Waals surface area contributed by atoms with Gasteiger partial charge in [0.1, 0.15) is 17.5 Å². The summed E-state index contributed by atoms with van der Waals surface area (Å²) in [5.41, 5.74) is 0.467. The molecule has 0 aliphatic carbocycles. The molecule has 0 radical (unpaired) electrons. The van der Waals surface area contributed by atoms with Crippen LogP contribution in [-0.4, -0.2) is 47.8 Å². The molecule has 0 spiro atoms. The SMILES string of the molecule is Cc1nc(S(=O)(=O)N2CCC(C(=O)NCCc3cc(F)cc(F)c3)CC2)cn1C. The number of piperidine rings is 1. The van der Waals surface area contributed by atoms with E-state index in [9.17, 15) is 22.0 Å². The van der Waals surface area contributed by atoms with Crippen molar-refractivity contribution in [1.29, 1.82) is 0 Å². The van der Waals surface area contributed by atoms with Crippen LogP contribution in [0.3, 0.4) is 0 Å². The molecule has 0 unspecified atom stereocenters. The first kappa shape index (κ1) is 21.4. The molecule has 158 valence electrons. The molecule has 29 heavy (non-hydrogen) atoms. The third kappa shape index (κ3) is 4.99. The first-order valence-corrected chi connectivity index (χ1v) is 10.8. The summed E-state index contributed by atoms with van der Waals surface area (Å²) >= 11 is 0. The molecule has 7 nitrogen and oxygen atoms in total. The molecule has 0 bridgehead atoms. The van der Waals surface area contributed by atoms with Crippen LogP contribution in [0, 0.1) is 24.5 Å². The van der Waals surface area contributed by atoms with Crippen molar-refractivity contribution in [2.45, 2.75) is 31.2 Å². The molecule has 1 amide bonds. The monoisotopic (exact) mass is 426 g/mol. The number of imidazole rings is 1. The number of carbonyl (C=O) groups excluding carboxylic acids is 1. The van der Waals surface area contributed by atoms with Gasteiger partial charge < -0.3 is 9.88 Å². The average Bonchev–Trinajstić information content (AvgIpc) is 3.00. The van der Waals surface area contributed by atoms with E-state index in [4.69, 9.17) is 0 Å². The number of aryl methyl sites for hydroxylation is 2. The smallest absolute Gasteiger partial charge is 0.262 e. The predicted octanol–water partition coefficient (Wildman–Crippen LogP) is 1.77. The Morgan fingerprint density at radius 1 is 1.21 bits per heavy atom. The maximum absolute atomic E-state index is 13.2. The molecule has 1 fully saturated rings. The second kappa shape index (κ2) is 8.58. The summed E-state index contributed by atoms with van der Waals surface area (Å²) in [7, 11) is -1.94. The summed E-state index contributed by atoms with van der Waals surface area (Å²) in [4.78, 5) is 16.4. The van der Waals surface area contributed by atoms with E-state index in [1.807, 2.05) is 0 Å². The Morgan fingerprint density at radius 2 is 1.83 bits per heavy atom. The maximum atomic E-state index is 13.2. The van der Waals surface area contributed by atoms with E-state index >= 15 is 0 Å². The van der Waals surface area contributed by atoms with Crippen LogP contribution in [0.2, 0.25) is 0 Å². The Kier molecular flexibility index (Phi) is 6.33. The summed E-state index contributed by atoms with van der Waals surface area (Å²) in [6, 6.07) is 3.27. The zero-order chi connectivity index (χ0) is 21.2. The molecule has 0 saturated carbocycles. The minimum atomic E-state index is -3.68. The van der Waals surface area contributed by atoms with Crippen LogP contribution < -0.4 is 5.32 Å². The van der Waals surface area contributed by atoms with E-state index in [0.717, 1.165) is 6.07 Å². The number of nitrogens with one attached hydrogen (secondary N) is 1. The number of rotatable bonds is 6. The predicted molar refractivity (Wildman–Crippen MR) is 102 cm³/mol. The van der Waals surface area contributed by atoms with Crippen molar-refractivity contribution < 1.29 is 22.0 Å². The van der Waals surface area contributed by atoms with E-state index in [-0.39, 0.29) is 36.5 Å². The van der Waals surface area contributed by atoms with Crippen molar-refractivity contribution in [3.05, 3.63) is 47.4 Å². The molecular formula is C19H24F2N4O3S. The van der Waals surface area contributed by atoms with Crippen molar-refractivity contribution >= 4 is 15.9 Å². The van der Waals surface area contributed by atoms with Gasteiger partial charge in [-0.15, -0.1) is 0 Å². The third-order valence-electron chi connectivity index (χ3n) is 5.15. The number of carbonyl (C=O) groups is 1. The first-order valence-electron chi connectivity index (χ1n) is 9.39. The number of amides is 1. The molecule has 1 aromatic carbocycles. The summed E-state index contributed by atoms with van der Waals surface area (Å²) in [6.45, 7) is 2.47. The zero-order valence-electron chi connectivity index (χ0n) is 16.4. The van der Waals surface area contributed by atoms with E-state index in [2.05, 4.69) is 10.3 Å². The van der Waals surface area contributed by atoms with Crippen LogP contribution in [0.25, 0.3) is 0 Å². The minimum Gasteiger partial charge on any atom is -0.356 e. The fourth-order valence-electron chi connectivity index (χ4n) is 3.37. The topological polar surface area (TPSA) is 84.3 Å². The summed E-state index contributed by atoms with van der Waals surface area (Å²) in [5, 5.41) is 2.78. The van der Waals surface area contributed by atoms with Gasteiger partial charge in [0.15, 0.2) is 5.03 Å². The van der Waals surface area contributed by atoms with Crippen molar-refractivity contribution in [3.8, 4) is 0 Å². The van der Waals surface area contributed by atoms with Gasteiger partial charge >= 0.3 is 0 Å². The first-order chi connectivity index (χ1) is 13.7. The Bertz CT molecular complexity index is 959. The number of hydrogen-bond acceptors (Lipinski definition) is 4. The van der Waals surface area contributed by atoms with Crippen LogP contribution in [-0.2, 0) is 28.3 Å². The van der Waals surface area contributed by atoms with E-state index in [0.29, 0.717) is 30.7 Å². The Labute approximate surface area is 168 Å². The molecule has 1 aliphatic heterocycles.